The molecule has 0 aromatic heterocycles. The fourth-order valence-corrected chi connectivity index (χ4v) is 5.34. The van der Waals surface area contributed by atoms with Crippen LogP contribution < -0.4 is 10.5 Å². The molecule has 1 aromatic carbocycles. The van der Waals surface area contributed by atoms with Crippen molar-refractivity contribution in [3.63, 3.8) is 0 Å². The minimum Gasteiger partial charge on any atom is -0.398 e. The number of nitrogens with two attached hydrogens (primary N) is 1. The first-order valence-corrected chi connectivity index (χ1v) is 9.07. The Labute approximate surface area is 128 Å². The van der Waals surface area contributed by atoms with Crippen LogP contribution in [0.1, 0.15) is 44.2 Å². The largest absolute Gasteiger partial charge is 0.398 e. The van der Waals surface area contributed by atoms with Gasteiger partial charge >= 0.3 is 0 Å². The molecule has 1 aromatic rings. The van der Waals surface area contributed by atoms with Crippen molar-refractivity contribution < 1.29 is 8.42 Å². The second kappa shape index (κ2) is 5.97. The molecule has 4 nitrogen and oxygen atoms in total. The van der Waals surface area contributed by atoms with Gasteiger partial charge in [-0.1, -0.05) is 19.9 Å². The lowest BCUT2D eigenvalue weighted by Gasteiger charge is -2.32. The van der Waals surface area contributed by atoms with Gasteiger partial charge < -0.3 is 5.73 Å². The number of nitrogens with one attached hydrogen (secondary N) is 1. The molecule has 0 spiro atoms. The average Bonchev–Trinajstić information content (AvgIpc) is 2.32. The minimum absolute atomic E-state index is 0.0222. The zero-order valence-corrected chi connectivity index (χ0v) is 14.1. The smallest absolute Gasteiger partial charge is 0.241 e. The number of sulfonamides is 1. The summed E-state index contributed by atoms with van der Waals surface area (Å²) in [5.74, 6) is 1.12. The molecule has 0 amide bonds. The monoisotopic (exact) mass is 310 g/mol. The lowest BCUT2D eigenvalue weighted by atomic mass is 9.81. The van der Waals surface area contributed by atoms with E-state index in [0.717, 1.165) is 18.4 Å². The molecule has 1 saturated carbocycles. The van der Waals surface area contributed by atoms with E-state index in [4.69, 9.17) is 5.73 Å². The third kappa shape index (κ3) is 3.58. The molecule has 118 valence electrons. The van der Waals surface area contributed by atoms with Crippen molar-refractivity contribution in [3.05, 3.63) is 23.3 Å². The third-order valence-electron chi connectivity index (χ3n) is 4.41. The predicted molar refractivity (Wildman–Crippen MR) is 86.6 cm³/mol. The topological polar surface area (TPSA) is 72.2 Å². The molecule has 21 heavy (non-hydrogen) atoms. The number of hydrogen-bond donors (Lipinski definition) is 2. The van der Waals surface area contributed by atoms with Gasteiger partial charge in [-0.2, -0.15) is 0 Å². The highest BCUT2D eigenvalue weighted by molar-refractivity contribution is 7.89. The predicted octanol–water partition coefficient (Wildman–Crippen LogP) is 2.99. The number of nitrogen functional groups attached to an aromatic ring is 1. The molecule has 3 N–H and O–H groups in total. The van der Waals surface area contributed by atoms with Crippen molar-refractivity contribution >= 4 is 15.7 Å². The normalized spacial score (nSPS) is 26.8. The van der Waals surface area contributed by atoms with Crippen molar-refractivity contribution in [1.82, 2.24) is 4.72 Å². The van der Waals surface area contributed by atoms with Crippen LogP contribution in [0.3, 0.4) is 0 Å². The lowest BCUT2D eigenvalue weighted by molar-refractivity contribution is 0.257. The van der Waals surface area contributed by atoms with Crippen molar-refractivity contribution in [2.75, 3.05) is 5.73 Å². The summed E-state index contributed by atoms with van der Waals surface area (Å²) >= 11 is 0. The maximum atomic E-state index is 12.7. The fourth-order valence-electron chi connectivity index (χ4n) is 3.58. The highest BCUT2D eigenvalue weighted by Gasteiger charge is 2.29. The molecule has 0 bridgehead atoms. The second-order valence-electron chi connectivity index (χ2n) is 6.66. The standard InChI is InChI=1S/C16H26N2O2S/c1-10-7-11(2)9-14(8-10)18-21(19,20)16-12(3)5-6-15(17)13(16)4/h5-6,10-11,14,18H,7-9,17H2,1-4H3. The molecule has 1 aliphatic rings. The summed E-state index contributed by atoms with van der Waals surface area (Å²) in [6, 6.07) is 3.55. The molecule has 2 atom stereocenters. The molecule has 2 rings (SSSR count). The van der Waals surface area contributed by atoms with Crippen LogP contribution in [0.4, 0.5) is 5.69 Å². The highest BCUT2D eigenvalue weighted by atomic mass is 32.2. The van der Waals surface area contributed by atoms with E-state index in [2.05, 4.69) is 18.6 Å². The molecule has 2 unspecified atom stereocenters. The van der Waals surface area contributed by atoms with Gasteiger partial charge in [-0.15, -0.1) is 0 Å². The van der Waals surface area contributed by atoms with E-state index in [0.29, 0.717) is 28.0 Å². The Kier molecular flexibility index (Phi) is 4.63. The van der Waals surface area contributed by atoms with E-state index in [1.807, 2.05) is 6.92 Å². The lowest BCUT2D eigenvalue weighted by Crippen LogP contribution is -2.40. The Morgan fingerprint density at radius 2 is 1.67 bits per heavy atom. The van der Waals surface area contributed by atoms with E-state index in [-0.39, 0.29) is 6.04 Å². The van der Waals surface area contributed by atoms with Gasteiger partial charge in [0.25, 0.3) is 0 Å². The maximum absolute atomic E-state index is 12.7. The van der Waals surface area contributed by atoms with Crippen molar-refractivity contribution in [2.24, 2.45) is 11.8 Å². The quantitative estimate of drug-likeness (QED) is 0.843. The van der Waals surface area contributed by atoms with Gasteiger partial charge in [0.15, 0.2) is 0 Å². The van der Waals surface area contributed by atoms with E-state index < -0.39 is 10.0 Å². The van der Waals surface area contributed by atoms with Gasteiger partial charge in [0.1, 0.15) is 0 Å². The zero-order valence-electron chi connectivity index (χ0n) is 13.3. The Balaban J connectivity index is 2.29. The average molecular weight is 310 g/mol. The summed E-state index contributed by atoms with van der Waals surface area (Å²) in [6.45, 7) is 7.96. The number of aryl methyl sites for hydroxylation is 1. The van der Waals surface area contributed by atoms with Crippen LogP contribution >= 0.6 is 0 Å². The van der Waals surface area contributed by atoms with E-state index >= 15 is 0 Å². The molecule has 0 radical (unpaired) electrons. The Bertz CT molecular complexity index is 615. The minimum atomic E-state index is -3.52. The van der Waals surface area contributed by atoms with Gasteiger partial charge in [0.2, 0.25) is 10.0 Å². The number of hydrogen-bond acceptors (Lipinski definition) is 3. The van der Waals surface area contributed by atoms with E-state index in [9.17, 15) is 8.42 Å². The van der Waals surface area contributed by atoms with Crippen LogP contribution in [-0.2, 0) is 10.0 Å². The Morgan fingerprint density at radius 3 is 2.24 bits per heavy atom. The SMILES string of the molecule is Cc1ccc(N)c(C)c1S(=O)(=O)NC1CC(C)CC(C)C1. The molecule has 5 heteroatoms. The summed E-state index contributed by atoms with van der Waals surface area (Å²) in [7, 11) is -3.52. The highest BCUT2D eigenvalue weighted by Crippen LogP contribution is 2.31. The van der Waals surface area contributed by atoms with E-state index in [1.165, 1.54) is 6.42 Å². The van der Waals surface area contributed by atoms with Gasteiger partial charge in [0.05, 0.1) is 4.90 Å². The Hall–Kier alpha value is -1.07. The first kappa shape index (κ1) is 16.3. The van der Waals surface area contributed by atoms with Crippen LogP contribution in [0.2, 0.25) is 0 Å². The Morgan fingerprint density at radius 1 is 1.10 bits per heavy atom. The first-order valence-electron chi connectivity index (χ1n) is 7.58. The molecule has 1 fully saturated rings. The van der Waals surface area contributed by atoms with Crippen LogP contribution in [0.25, 0.3) is 0 Å². The molecule has 0 aliphatic heterocycles. The first-order chi connectivity index (χ1) is 9.70. The van der Waals surface area contributed by atoms with Gasteiger partial charge in [-0.05, 0) is 62.1 Å². The number of anilines is 1. The van der Waals surface area contributed by atoms with Crippen molar-refractivity contribution in [3.8, 4) is 0 Å². The van der Waals surface area contributed by atoms with Crippen LogP contribution in [0.15, 0.2) is 17.0 Å². The second-order valence-corrected chi connectivity index (χ2v) is 8.31. The maximum Gasteiger partial charge on any atom is 0.241 e. The fraction of sp³-hybridized carbons (Fsp3) is 0.625. The van der Waals surface area contributed by atoms with Gasteiger partial charge in [-0.25, -0.2) is 13.1 Å². The van der Waals surface area contributed by atoms with Crippen LogP contribution in [-0.4, -0.2) is 14.5 Å². The number of benzene rings is 1. The molecular formula is C16H26N2O2S. The molecule has 0 saturated heterocycles. The summed E-state index contributed by atoms with van der Waals surface area (Å²) < 4.78 is 28.4. The summed E-state index contributed by atoms with van der Waals surface area (Å²) in [5.41, 5.74) is 7.77. The zero-order chi connectivity index (χ0) is 15.8. The van der Waals surface area contributed by atoms with Gasteiger partial charge in [0, 0.05) is 11.7 Å². The molecule has 1 aliphatic carbocycles. The summed E-state index contributed by atoms with van der Waals surface area (Å²) in [4.78, 5) is 0.341. The third-order valence-corrected chi connectivity index (χ3v) is 6.22. The summed E-state index contributed by atoms with van der Waals surface area (Å²) in [6.07, 6.45) is 2.99. The molecular weight excluding hydrogens is 284 g/mol. The van der Waals surface area contributed by atoms with Crippen LogP contribution in [0.5, 0.6) is 0 Å². The van der Waals surface area contributed by atoms with Crippen LogP contribution in [0, 0.1) is 25.7 Å². The summed E-state index contributed by atoms with van der Waals surface area (Å²) in [5, 5.41) is 0. The number of rotatable bonds is 3. The molecule has 0 heterocycles. The van der Waals surface area contributed by atoms with Crippen molar-refractivity contribution in [1.29, 1.82) is 0 Å². The van der Waals surface area contributed by atoms with Crippen molar-refractivity contribution in [2.45, 2.75) is 57.9 Å². The van der Waals surface area contributed by atoms with E-state index in [1.54, 1.807) is 19.1 Å². The van der Waals surface area contributed by atoms with Gasteiger partial charge in [-0.3, -0.25) is 0 Å².